The molecule has 1 fully saturated rings. The van der Waals surface area contributed by atoms with E-state index in [-0.39, 0.29) is 0 Å². The number of aliphatic hydroxyl groups is 1. The minimum absolute atomic E-state index is 0.541. The number of hydrogen-bond donors (Lipinski definition) is 2. The van der Waals surface area contributed by atoms with Crippen LogP contribution in [0, 0.1) is 0 Å². The number of piperidine rings is 1. The molecule has 0 spiro atoms. The number of β-amino-alcohol motifs (C(OH)–C–C–N with tert-alkyl or cyclic N) is 1. The van der Waals surface area contributed by atoms with Gasteiger partial charge in [0, 0.05) is 31.9 Å². The molecule has 7 heteroatoms. The van der Waals surface area contributed by atoms with Crippen molar-refractivity contribution in [1.29, 1.82) is 0 Å². The summed E-state index contributed by atoms with van der Waals surface area (Å²) in [6.45, 7) is 2.49. The Bertz CT molecular complexity index is 840. The van der Waals surface area contributed by atoms with Gasteiger partial charge in [0.2, 0.25) is 0 Å². The Morgan fingerprint density at radius 1 is 1.38 bits per heavy atom. The number of benzene rings is 1. The summed E-state index contributed by atoms with van der Waals surface area (Å²) >= 11 is 0. The maximum absolute atomic E-state index is 11.0. The van der Waals surface area contributed by atoms with Crippen LogP contribution in [0.3, 0.4) is 0 Å². The Morgan fingerprint density at radius 3 is 3.12 bits per heavy atom. The molecular weight excluding hydrogens is 304 g/mol. The maximum atomic E-state index is 11.0. The van der Waals surface area contributed by atoms with Gasteiger partial charge in [0.1, 0.15) is 12.2 Å². The van der Waals surface area contributed by atoms with Crippen LogP contribution in [0.25, 0.3) is 10.9 Å². The Hall–Kier alpha value is -2.25. The lowest BCUT2D eigenvalue weighted by molar-refractivity contribution is -0.0344. The molecule has 0 aliphatic carbocycles. The molecule has 4 rings (SSSR count). The molecule has 2 N–H and O–H groups in total. The first-order valence-electron chi connectivity index (χ1n) is 8.31. The van der Waals surface area contributed by atoms with Gasteiger partial charge < -0.3 is 9.67 Å². The van der Waals surface area contributed by atoms with Crippen molar-refractivity contribution < 1.29 is 5.11 Å². The first-order chi connectivity index (χ1) is 11.6. The van der Waals surface area contributed by atoms with Gasteiger partial charge in [-0.25, -0.2) is 0 Å². The van der Waals surface area contributed by atoms with Gasteiger partial charge in [0.05, 0.1) is 17.3 Å². The highest BCUT2D eigenvalue weighted by atomic mass is 16.3. The van der Waals surface area contributed by atoms with Gasteiger partial charge in [-0.3, -0.25) is 10.00 Å². The van der Waals surface area contributed by atoms with E-state index in [2.05, 4.69) is 43.5 Å². The zero-order chi connectivity index (χ0) is 16.6. The summed E-state index contributed by atoms with van der Waals surface area (Å²) in [5.74, 6) is 0.832. The van der Waals surface area contributed by atoms with Gasteiger partial charge in [-0.15, -0.1) is 10.2 Å². The van der Waals surface area contributed by atoms with E-state index in [0.717, 1.165) is 42.7 Å². The standard InChI is InChI=1S/C17H22N6O/c1-22-12-19-21-16(22)8-17(24)5-2-6-23(11-17)10-13-3-4-14-9-18-20-15(14)7-13/h3-4,7,9,12,24H,2,5-6,8,10-11H2,1H3,(H,18,20). The minimum atomic E-state index is -0.739. The Labute approximate surface area is 140 Å². The molecule has 7 nitrogen and oxygen atoms in total. The number of nitrogens with zero attached hydrogens (tertiary/aromatic N) is 5. The SMILES string of the molecule is Cn1cnnc1CC1(O)CCCN(Cc2ccc3cn[nH]c3c2)C1. The Kier molecular flexibility index (Phi) is 3.82. The fourth-order valence-corrected chi connectivity index (χ4v) is 3.59. The van der Waals surface area contributed by atoms with Crippen molar-refractivity contribution in [3.63, 3.8) is 0 Å². The van der Waals surface area contributed by atoms with Crippen molar-refractivity contribution in [2.24, 2.45) is 7.05 Å². The van der Waals surface area contributed by atoms with Gasteiger partial charge in [-0.05, 0) is 31.0 Å². The van der Waals surface area contributed by atoms with Crippen molar-refractivity contribution in [1.82, 2.24) is 29.9 Å². The van der Waals surface area contributed by atoms with Crippen molar-refractivity contribution in [2.45, 2.75) is 31.4 Å². The van der Waals surface area contributed by atoms with Crippen molar-refractivity contribution in [3.8, 4) is 0 Å². The summed E-state index contributed by atoms with van der Waals surface area (Å²) in [6.07, 6.45) is 5.84. The van der Waals surface area contributed by atoms with Crippen molar-refractivity contribution in [3.05, 3.63) is 42.1 Å². The predicted molar refractivity (Wildman–Crippen MR) is 90.3 cm³/mol. The van der Waals surface area contributed by atoms with Crippen LogP contribution in [0.5, 0.6) is 0 Å². The van der Waals surface area contributed by atoms with E-state index in [9.17, 15) is 5.11 Å². The van der Waals surface area contributed by atoms with Crippen LogP contribution in [0.4, 0.5) is 0 Å². The molecule has 0 radical (unpaired) electrons. The topological polar surface area (TPSA) is 82.9 Å². The molecule has 0 saturated carbocycles. The van der Waals surface area contributed by atoms with Crippen LogP contribution < -0.4 is 0 Å². The van der Waals surface area contributed by atoms with E-state index in [4.69, 9.17) is 0 Å². The van der Waals surface area contributed by atoms with E-state index >= 15 is 0 Å². The monoisotopic (exact) mass is 326 g/mol. The van der Waals surface area contributed by atoms with Gasteiger partial charge >= 0.3 is 0 Å². The molecule has 0 amide bonds. The summed E-state index contributed by atoms with van der Waals surface area (Å²) in [5, 5.41) is 27.2. The molecule has 1 aliphatic rings. The number of likely N-dealkylation sites (tertiary alicyclic amines) is 1. The fourth-order valence-electron chi connectivity index (χ4n) is 3.59. The fraction of sp³-hybridized carbons (Fsp3) is 0.471. The highest BCUT2D eigenvalue weighted by Crippen LogP contribution is 2.26. The molecule has 126 valence electrons. The number of aromatic amines is 1. The number of rotatable bonds is 4. The normalized spacial score (nSPS) is 22.2. The molecule has 1 atom stereocenters. The first-order valence-corrected chi connectivity index (χ1v) is 8.31. The van der Waals surface area contributed by atoms with Crippen LogP contribution >= 0.6 is 0 Å². The van der Waals surface area contributed by atoms with Crippen LogP contribution in [-0.2, 0) is 20.0 Å². The van der Waals surface area contributed by atoms with Crippen molar-refractivity contribution >= 4 is 10.9 Å². The number of hydrogen-bond acceptors (Lipinski definition) is 5. The lowest BCUT2D eigenvalue weighted by Gasteiger charge is -2.39. The minimum Gasteiger partial charge on any atom is -0.388 e. The molecule has 1 aromatic carbocycles. The molecule has 3 heterocycles. The van der Waals surface area contributed by atoms with Gasteiger partial charge in [-0.2, -0.15) is 5.10 Å². The first kappa shape index (κ1) is 15.3. The van der Waals surface area contributed by atoms with E-state index in [1.54, 1.807) is 6.33 Å². The Morgan fingerprint density at radius 2 is 2.29 bits per heavy atom. The molecule has 1 aliphatic heterocycles. The number of nitrogens with one attached hydrogen (secondary N) is 1. The third-order valence-corrected chi connectivity index (χ3v) is 4.84. The highest BCUT2D eigenvalue weighted by Gasteiger charge is 2.34. The smallest absolute Gasteiger partial charge is 0.135 e. The molecular formula is C17H22N6O. The van der Waals surface area contributed by atoms with E-state index in [1.807, 2.05) is 17.8 Å². The zero-order valence-electron chi connectivity index (χ0n) is 13.8. The summed E-state index contributed by atoms with van der Waals surface area (Å²) in [4.78, 5) is 2.32. The Balaban J connectivity index is 1.46. The van der Waals surface area contributed by atoms with Crippen LogP contribution in [-0.4, -0.2) is 53.7 Å². The van der Waals surface area contributed by atoms with E-state index in [1.165, 1.54) is 5.56 Å². The number of aromatic nitrogens is 5. The molecule has 24 heavy (non-hydrogen) atoms. The molecule has 2 aromatic heterocycles. The summed E-state index contributed by atoms with van der Waals surface area (Å²) in [5.41, 5.74) is 1.55. The average molecular weight is 326 g/mol. The average Bonchev–Trinajstić information content (AvgIpc) is 3.16. The molecule has 3 aromatic rings. The van der Waals surface area contributed by atoms with Gasteiger partial charge in [0.25, 0.3) is 0 Å². The third kappa shape index (κ3) is 3.05. The second kappa shape index (κ2) is 5.99. The second-order valence-corrected chi connectivity index (χ2v) is 6.87. The molecule has 1 unspecified atom stereocenters. The lowest BCUT2D eigenvalue weighted by Crippen LogP contribution is -2.49. The van der Waals surface area contributed by atoms with Crippen LogP contribution in [0.2, 0.25) is 0 Å². The van der Waals surface area contributed by atoms with E-state index in [0.29, 0.717) is 13.0 Å². The van der Waals surface area contributed by atoms with Crippen LogP contribution in [0.15, 0.2) is 30.7 Å². The summed E-state index contributed by atoms with van der Waals surface area (Å²) in [7, 11) is 1.92. The van der Waals surface area contributed by atoms with Gasteiger partial charge in [-0.1, -0.05) is 12.1 Å². The van der Waals surface area contributed by atoms with Crippen LogP contribution in [0.1, 0.15) is 24.2 Å². The number of H-pyrrole nitrogens is 1. The van der Waals surface area contributed by atoms with Crippen molar-refractivity contribution in [2.75, 3.05) is 13.1 Å². The molecule has 1 saturated heterocycles. The number of fused-ring (bicyclic) bond motifs is 1. The third-order valence-electron chi connectivity index (χ3n) is 4.84. The lowest BCUT2D eigenvalue weighted by atomic mass is 9.89. The van der Waals surface area contributed by atoms with Gasteiger partial charge in [0.15, 0.2) is 0 Å². The zero-order valence-corrected chi connectivity index (χ0v) is 13.8. The summed E-state index contributed by atoms with van der Waals surface area (Å²) in [6, 6.07) is 6.36. The van der Waals surface area contributed by atoms with E-state index < -0.39 is 5.60 Å². The maximum Gasteiger partial charge on any atom is 0.135 e. The number of aryl methyl sites for hydroxylation is 1. The second-order valence-electron chi connectivity index (χ2n) is 6.87. The highest BCUT2D eigenvalue weighted by molar-refractivity contribution is 5.78. The largest absolute Gasteiger partial charge is 0.388 e. The molecule has 0 bridgehead atoms. The quantitative estimate of drug-likeness (QED) is 0.754. The predicted octanol–water partition coefficient (Wildman–Crippen LogP) is 1.26. The summed E-state index contributed by atoms with van der Waals surface area (Å²) < 4.78 is 1.88.